The predicted molar refractivity (Wildman–Crippen MR) is 307 cm³/mol. The Morgan fingerprint density at radius 2 is 0.507 bits per heavy atom. The molecule has 0 rings (SSSR count). The van der Waals surface area contributed by atoms with Gasteiger partial charge in [-0.2, -0.15) is 0 Å². The smallest absolute Gasteiger partial charge is 0.306 e. The minimum atomic E-state index is -0.783. The lowest BCUT2D eigenvalue weighted by atomic mass is 10.0. The SMILES string of the molecule is CCCCC/C=C/C/C=C/C/C=C/C/C=C/CCCCCC(=O)OC[C@@H](COC(=O)CCCCCCCCCCCCCCCCCCC)OC(=O)CCCCCCCCCCCCCCCCCCC. The lowest BCUT2D eigenvalue weighted by Gasteiger charge is -2.18. The minimum Gasteiger partial charge on any atom is -0.462 e. The van der Waals surface area contributed by atoms with Crippen LogP contribution in [0.25, 0.3) is 0 Å². The zero-order valence-corrected chi connectivity index (χ0v) is 47.5. The van der Waals surface area contributed by atoms with Gasteiger partial charge in [-0.05, 0) is 64.2 Å². The lowest BCUT2D eigenvalue weighted by Crippen LogP contribution is -2.30. The van der Waals surface area contributed by atoms with Crippen molar-refractivity contribution in [2.24, 2.45) is 0 Å². The number of allylic oxidation sites excluding steroid dienone is 8. The quantitative estimate of drug-likeness (QED) is 0.0261. The molecule has 6 heteroatoms. The summed E-state index contributed by atoms with van der Waals surface area (Å²) >= 11 is 0. The van der Waals surface area contributed by atoms with Gasteiger partial charge in [0.2, 0.25) is 0 Å². The van der Waals surface area contributed by atoms with Crippen molar-refractivity contribution in [2.75, 3.05) is 13.2 Å². The number of carbonyl (C=O) groups excluding carboxylic acids is 3. The van der Waals surface area contributed by atoms with E-state index in [0.29, 0.717) is 19.3 Å². The molecule has 1 atom stereocenters. The van der Waals surface area contributed by atoms with Gasteiger partial charge in [0.15, 0.2) is 6.10 Å². The third-order valence-electron chi connectivity index (χ3n) is 13.8. The molecule has 0 aromatic heterocycles. The number of ether oxygens (including phenoxy) is 3. The number of esters is 3. The Labute approximate surface area is 441 Å². The average Bonchev–Trinajstić information content (AvgIpc) is 3.37. The number of unbranched alkanes of at least 4 members (excludes halogenated alkanes) is 38. The van der Waals surface area contributed by atoms with Crippen molar-refractivity contribution in [3.05, 3.63) is 48.6 Å². The molecule has 414 valence electrons. The molecular formula is C65H118O6. The molecule has 0 aliphatic rings. The molecule has 0 bridgehead atoms. The van der Waals surface area contributed by atoms with Crippen molar-refractivity contribution in [1.29, 1.82) is 0 Å². The maximum absolute atomic E-state index is 12.9. The highest BCUT2D eigenvalue weighted by atomic mass is 16.6. The second-order valence-electron chi connectivity index (χ2n) is 21.0. The number of rotatable bonds is 57. The summed E-state index contributed by atoms with van der Waals surface area (Å²) in [5.74, 6) is -0.888. The zero-order valence-electron chi connectivity index (χ0n) is 47.5. The second-order valence-corrected chi connectivity index (χ2v) is 21.0. The van der Waals surface area contributed by atoms with E-state index in [1.54, 1.807) is 0 Å². The number of carbonyl (C=O) groups is 3. The van der Waals surface area contributed by atoms with Crippen LogP contribution >= 0.6 is 0 Å². The summed E-state index contributed by atoms with van der Waals surface area (Å²) in [5, 5.41) is 0. The van der Waals surface area contributed by atoms with Gasteiger partial charge in [-0.3, -0.25) is 14.4 Å². The monoisotopic (exact) mass is 995 g/mol. The average molecular weight is 996 g/mol. The summed E-state index contributed by atoms with van der Waals surface area (Å²) in [6.07, 6.45) is 73.9. The third-order valence-corrected chi connectivity index (χ3v) is 13.8. The lowest BCUT2D eigenvalue weighted by molar-refractivity contribution is -0.167. The van der Waals surface area contributed by atoms with E-state index >= 15 is 0 Å². The molecule has 0 saturated carbocycles. The van der Waals surface area contributed by atoms with Crippen LogP contribution in [0, 0.1) is 0 Å². The fraction of sp³-hybridized carbons (Fsp3) is 0.831. The Balaban J connectivity index is 4.39. The molecule has 0 heterocycles. The molecule has 6 nitrogen and oxygen atoms in total. The molecule has 0 amide bonds. The first kappa shape index (κ1) is 68.4. The van der Waals surface area contributed by atoms with Gasteiger partial charge in [0.25, 0.3) is 0 Å². The second kappa shape index (κ2) is 59.9. The van der Waals surface area contributed by atoms with Gasteiger partial charge in [0.05, 0.1) is 0 Å². The van der Waals surface area contributed by atoms with Crippen molar-refractivity contribution in [3.63, 3.8) is 0 Å². The van der Waals surface area contributed by atoms with Crippen LogP contribution in [0.5, 0.6) is 0 Å². The zero-order chi connectivity index (χ0) is 51.4. The fourth-order valence-corrected chi connectivity index (χ4v) is 9.13. The predicted octanol–water partition coefficient (Wildman–Crippen LogP) is 21.0. The van der Waals surface area contributed by atoms with Crippen LogP contribution < -0.4 is 0 Å². The van der Waals surface area contributed by atoms with Gasteiger partial charge in [0, 0.05) is 19.3 Å². The van der Waals surface area contributed by atoms with E-state index in [0.717, 1.165) is 83.5 Å². The summed E-state index contributed by atoms with van der Waals surface area (Å²) in [6, 6.07) is 0. The Kier molecular flexibility index (Phi) is 57.7. The molecule has 0 aliphatic carbocycles. The minimum absolute atomic E-state index is 0.0784. The van der Waals surface area contributed by atoms with Crippen LogP contribution in [0.1, 0.15) is 329 Å². The highest BCUT2D eigenvalue weighted by Crippen LogP contribution is 2.17. The molecule has 0 N–H and O–H groups in total. The standard InChI is InChI=1S/C65H118O6/c1-4-7-10-13-16-19-22-25-28-31-32-35-37-40-43-46-49-52-55-58-64(67)70-61-62(71-65(68)59-56-53-50-47-44-41-38-34-30-27-24-21-18-15-12-9-6-3)60-69-63(66)57-54-51-48-45-42-39-36-33-29-26-23-20-17-14-11-8-5-2/h16,19,25,28,32,35,40,43,62H,4-15,17-18,20-24,26-27,29-31,33-34,36-39,41-42,44-61H2,1-3H3/b19-16+,28-25+,35-32+,43-40+/t62-/m1/s1. The van der Waals surface area contributed by atoms with E-state index in [4.69, 9.17) is 14.2 Å². The van der Waals surface area contributed by atoms with Crippen LogP contribution in [0.4, 0.5) is 0 Å². The molecular weight excluding hydrogens is 877 g/mol. The Morgan fingerprint density at radius 1 is 0.282 bits per heavy atom. The Bertz CT molecular complexity index is 1230. The molecule has 0 aliphatic heterocycles. The van der Waals surface area contributed by atoms with Crippen LogP contribution in [0.15, 0.2) is 48.6 Å². The highest BCUT2D eigenvalue weighted by molar-refractivity contribution is 5.71. The maximum atomic E-state index is 12.9. The van der Waals surface area contributed by atoms with Crippen molar-refractivity contribution in [3.8, 4) is 0 Å². The summed E-state index contributed by atoms with van der Waals surface area (Å²) in [4.78, 5) is 38.3. The molecule has 0 spiro atoms. The summed E-state index contributed by atoms with van der Waals surface area (Å²) in [6.45, 7) is 6.64. The normalized spacial score (nSPS) is 12.3. The topological polar surface area (TPSA) is 78.9 Å². The molecule has 0 unspecified atom stereocenters. The van der Waals surface area contributed by atoms with E-state index in [9.17, 15) is 14.4 Å². The van der Waals surface area contributed by atoms with Gasteiger partial charge in [-0.25, -0.2) is 0 Å². The molecule has 0 aromatic rings. The number of hydrogen-bond acceptors (Lipinski definition) is 6. The van der Waals surface area contributed by atoms with Gasteiger partial charge >= 0.3 is 17.9 Å². The summed E-state index contributed by atoms with van der Waals surface area (Å²) in [5.41, 5.74) is 0. The molecule has 0 fully saturated rings. The van der Waals surface area contributed by atoms with E-state index in [2.05, 4.69) is 69.4 Å². The fourth-order valence-electron chi connectivity index (χ4n) is 9.13. The molecule has 71 heavy (non-hydrogen) atoms. The summed E-state index contributed by atoms with van der Waals surface area (Å²) in [7, 11) is 0. The van der Waals surface area contributed by atoms with Crippen LogP contribution in [0.2, 0.25) is 0 Å². The van der Waals surface area contributed by atoms with E-state index in [1.165, 1.54) is 205 Å². The molecule has 0 radical (unpaired) electrons. The van der Waals surface area contributed by atoms with Crippen molar-refractivity contribution in [2.45, 2.75) is 335 Å². The van der Waals surface area contributed by atoms with Gasteiger partial charge in [-0.15, -0.1) is 0 Å². The van der Waals surface area contributed by atoms with Crippen LogP contribution in [-0.4, -0.2) is 37.2 Å². The van der Waals surface area contributed by atoms with Gasteiger partial charge in [-0.1, -0.05) is 294 Å². The Morgan fingerprint density at radius 3 is 0.817 bits per heavy atom. The van der Waals surface area contributed by atoms with E-state index in [-0.39, 0.29) is 31.1 Å². The molecule has 0 saturated heterocycles. The van der Waals surface area contributed by atoms with Crippen LogP contribution in [0.3, 0.4) is 0 Å². The maximum Gasteiger partial charge on any atom is 0.306 e. The van der Waals surface area contributed by atoms with Crippen molar-refractivity contribution >= 4 is 17.9 Å². The first-order valence-corrected chi connectivity index (χ1v) is 31.1. The van der Waals surface area contributed by atoms with Crippen molar-refractivity contribution < 1.29 is 28.6 Å². The summed E-state index contributed by atoms with van der Waals surface area (Å²) < 4.78 is 16.9. The first-order chi connectivity index (χ1) is 35.0. The third kappa shape index (κ3) is 58.1. The Hall–Kier alpha value is -2.63. The highest BCUT2D eigenvalue weighted by Gasteiger charge is 2.19. The van der Waals surface area contributed by atoms with E-state index in [1.807, 2.05) is 0 Å². The number of hydrogen-bond donors (Lipinski definition) is 0. The van der Waals surface area contributed by atoms with Crippen molar-refractivity contribution in [1.82, 2.24) is 0 Å². The van der Waals surface area contributed by atoms with Gasteiger partial charge < -0.3 is 14.2 Å². The van der Waals surface area contributed by atoms with Gasteiger partial charge in [0.1, 0.15) is 13.2 Å². The van der Waals surface area contributed by atoms with E-state index < -0.39 is 6.10 Å². The molecule has 0 aromatic carbocycles. The largest absolute Gasteiger partial charge is 0.462 e. The van der Waals surface area contributed by atoms with Crippen LogP contribution in [-0.2, 0) is 28.6 Å². The first-order valence-electron chi connectivity index (χ1n) is 31.1.